The standard InChI is InChI=1S/C16H25FN2O/c1-12(2)19(11-15-5-4-8-18-15)10-13-9-14(17)6-7-16(13)20-3/h6-7,9,12,15,18H,4-5,8,10-11H2,1-3H3. The van der Waals surface area contributed by atoms with Gasteiger partial charge in [0.1, 0.15) is 11.6 Å². The molecule has 112 valence electrons. The van der Waals surface area contributed by atoms with E-state index in [2.05, 4.69) is 24.1 Å². The summed E-state index contributed by atoms with van der Waals surface area (Å²) in [6.07, 6.45) is 2.48. The van der Waals surface area contributed by atoms with E-state index in [0.29, 0.717) is 12.1 Å². The van der Waals surface area contributed by atoms with Crippen molar-refractivity contribution in [2.75, 3.05) is 20.2 Å². The van der Waals surface area contributed by atoms with E-state index >= 15 is 0 Å². The average Bonchev–Trinajstić information content (AvgIpc) is 2.91. The molecule has 1 N–H and O–H groups in total. The number of rotatable bonds is 6. The number of methoxy groups -OCH3 is 1. The highest BCUT2D eigenvalue weighted by atomic mass is 19.1. The lowest BCUT2D eigenvalue weighted by Gasteiger charge is -2.30. The number of hydrogen-bond donors (Lipinski definition) is 1. The molecule has 1 atom stereocenters. The Labute approximate surface area is 121 Å². The van der Waals surface area contributed by atoms with E-state index in [1.807, 2.05) is 0 Å². The number of ether oxygens (including phenoxy) is 1. The summed E-state index contributed by atoms with van der Waals surface area (Å²) in [6, 6.07) is 5.70. The molecule has 1 aliphatic rings. The first-order valence-corrected chi connectivity index (χ1v) is 7.40. The van der Waals surface area contributed by atoms with Gasteiger partial charge in [0.05, 0.1) is 7.11 Å². The fourth-order valence-corrected chi connectivity index (χ4v) is 2.74. The number of halogens is 1. The Balaban J connectivity index is 2.08. The molecule has 1 aromatic rings. The first kappa shape index (κ1) is 15.3. The first-order valence-electron chi connectivity index (χ1n) is 7.40. The summed E-state index contributed by atoms with van der Waals surface area (Å²) >= 11 is 0. The van der Waals surface area contributed by atoms with Gasteiger partial charge in [0, 0.05) is 30.7 Å². The maximum Gasteiger partial charge on any atom is 0.123 e. The molecule has 20 heavy (non-hydrogen) atoms. The zero-order valence-electron chi connectivity index (χ0n) is 12.7. The van der Waals surface area contributed by atoms with Crippen molar-refractivity contribution in [3.8, 4) is 5.75 Å². The maximum absolute atomic E-state index is 13.5. The quantitative estimate of drug-likeness (QED) is 0.867. The maximum atomic E-state index is 13.5. The molecule has 0 amide bonds. The minimum absolute atomic E-state index is 0.205. The van der Waals surface area contributed by atoms with Gasteiger partial charge in [0.15, 0.2) is 0 Å². The van der Waals surface area contributed by atoms with Gasteiger partial charge in [-0.3, -0.25) is 4.90 Å². The van der Waals surface area contributed by atoms with Crippen molar-refractivity contribution in [3.05, 3.63) is 29.6 Å². The number of benzene rings is 1. The Bertz CT molecular complexity index is 430. The van der Waals surface area contributed by atoms with E-state index in [1.54, 1.807) is 19.2 Å². The summed E-state index contributed by atoms with van der Waals surface area (Å²) < 4.78 is 18.8. The average molecular weight is 280 g/mol. The Morgan fingerprint density at radius 3 is 2.85 bits per heavy atom. The number of hydrogen-bond acceptors (Lipinski definition) is 3. The number of nitrogens with zero attached hydrogens (tertiary/aromatic N) is 1. The largest absolute Gasteiger partial charge is 0.496 e. The molecule has 1 aromatic carbocycles. The van der Waals surface area contributed by atoms with Crippen LogP contribution in [0.3, 0.4) is 0 Å². The molecule has 1 saturated heterocycles. The summed E-state index contributed by atoms with van der Waals surface area (Å²) in [5, 5.41) is 3.52. The molecule has 1 fully saturated rings. The van der Waals surface area contributed by atoms with Crippen molar-refractivity contribution in [1.82, 2.24) is 10.2 Å². The number of nitrogens with one attached hydrogen (secondary N) is 1. The Kier molecular flexibility index (Phi) is 5.38. The highest BCUT2D eigenvalue weighted by molar-refractivity contribution is 5.33. The Hall–Kier alpha value is -1.13. The highest BCUT2D eigenvalue weighted by Gasteiger charge is 2.20. The first-order chi connectivity index (χ1) is 9.60. The highest BCUT2D eigenvalue weighted by Crippen LogP contribution is 2.22. The summed E-state index contributed by atoms with van der Waals surface area (Å²) in [5.74, 6) is 0.555. The molecule has 2 rings (SSSR count). The molecule has 1 heterocycles. The van der Waals surface area contributed by atoms with Crippen LogP contribution >= 0.6 is 0 Å². The van der Waals surface area contributed by atoms with Crippen molar-refractivity contribution >= 4 is 0 Å². The van der Waals surface area contributed by atoms with Gasteiger partial charge in [0.2, 0.25) is 0 Å². The lowest BCUT2D eigenvalue weighted by Crippen LogP contribution is -2.40. The monoisotopic (exact) mass is 280 g/mol. The topological polar surface area (TPSA) is 24.5 Å². The zero-order chi connectivity index (χ0) is 14.5. The van der Waals surface area contributed by atoms with Gasteiger partial charge in [-0.25, -0.2) is 4.39 Å². The molecule has 0 spiro atoms. The van der Waals surface area contributed by atoms with Gasteiger partial charge in [0.25, 0.3) is 0 Å². The van der Waals surface area contributed by atoms with Crippen LogP contribution in [0.1, 0.15) is 32.3 Å². The van der Waals surface area contributed by atoms with E-state index in [0.717, 1.165) is 30.9 Å². The second kappa shape index (κ2) is 7.04. The summed E-state index contributed by atoms with van der Waals surface area (Å²) in [7, 11) is 1.63. The minimum Gasteiger partial charge on any atom is -0.496 e. The second-order valence-electron chi connectivity index (χ2n) is 5.77. The van der Waals surface area contributed by atoms with Crippen LogP contribution in [0, 0.1) is 5.82 Å². The van der Waals surface area contributed by atoms with Crippen LogP contribution in [0.4, 0.5) is 4.39 Å². The van der Waals surface area contributed by atoms with Crippen LogP contribution in [-0.4, -0.2) is 37.2 Å². The Morgan fingerprint density at radius 1 is 1.45 bits per heavy atom. The van der Waals surface area contributed by atoms with E-state index in [4.69, 9.17) is 4.74 Å². The molecular weight excluding hydrogens is 255 g/mol. The molecule has 0 saturated carbocycles. The van der Waals surface area contributed by atoms with Gasteiger partial charge in [-0.2, -0.15) is 0 Å². The summed E-state index contributed by atoms with van der Waals surface area (Å²) in [4.78, 5) is 2.38. The van der Waals surface area contributed by atoms with E-state index < -0.39 is 0 Å². The molecule has 0 radical (unpaired) electrons. The predicted octanol–water partition coefficient (Wildman–Crippen LogP) is 2.80. The minimum atomic E-state index is -0.205. The molecule has 0 aliphatic carbocycles. The van der Waals surface area contributed by atoms with Crippen molar-refractivity contribution in [3.63, 3.8) is 0 Å². The van der Waals surface area contributed by atoms with Gasteiger partial charge >= 0.3 is 0 Å². The van der Waals surface area contributed by atoms with Gasteiger partial charge in [-0.1, -0.05) is 0 Å². The summed E-state index contributed by atoms with van der Waals surface area (Å²) in [6.45, 7) is 7.19. The normalized spacial score (nSPS) is 19.0. The van der Waals surface area contributed by atoms with Crippen LogP contribution in [-0.2, 0) is 6.54 Å². The van der Waals surface area contributed by atoms with Crippen LogP contribution in [0.2, 0.25) is 0 Å². The van der Waals surface area contributed by atoms with Crippen molar-refractivity contribution < 1.29 is 9.13 Å². The van der Waals surface area contributed by atoms with Crippen LogP contribution in [0.25, 0.3) is 0 Å². The third-order valence-corrected chi connectivity index (χ3v) is 3.96. The fourth-order valence-electron chi connectivity index (χ4n) is 2.74. The molecule has 0 bridgehead atoms. The van der Waals surface area contributed by atoms with Gasteiger partial charge in [-0.15, -0.1) is 0 Å². The molecule has 3 nitrogen and oxygen atoms in total. The zero-order valence-corrected chi connectivity index (χ0v) is 12.7. The second-order valence-corrected chi connectivity index (χ2v) is 5.77. The molecule has 0 aromatic heterocycles. The van der Waals surface area contributed by atoms with E-state index in [-0.39, 0.29) is 5.82 Å². The van der Waals surface area contributed by atoms with E-state index in [1.165, 1.54) is 18.9 Å². The van der Waals surface area contributed by atoms with Crippen molar-refractivity contribution in [2.24, 2.45) is 0 Å². The third-order valence-electron chi connectivity index (χ3n) is 3.96. The molecular formula is C16H25FN2O. The van der Waals surface area contributed by atoms with E-state index in [9.17, 15) is 4.39 Å². The summed E-state index contributed by atoms with van der Waals surface area (Å²) in [5.41, 5.74) is 0.916. The molecule has 1 aliphatic heterocycles. The molecule has 1 unspecified atom stereocenters. The van der Waals surface area contributed by atoms with Crippen molar-refractivity contribution in [2.45, 2.75) is 45.3 Å². The predicted molar refractivity (Wildman–Crippen MR) is 79.5 cm³/mol. The van der Waals surface area contributed by atoms with Gasteiger partial charge in [-0.05, 0) is 51.4 Å². The van der Waals surface area contributed by atoms with Crippen LogP contribution in [0.5, 0.6) is 5.75 Å². The SMILES string of the molecule is COc1ccc(F)cc1CN(CC1CCCN1)C(C)C. The smallest absolute Gasteiger partial charge is 0.123 e. The molecule has 4 heteroatoms. The van der Waals surface area contributed by atoms with Crippen molar-refractivity contribution in [1.29, 1.82) is 0 Å². The van der Waals surface area contributed by atoms with Crippen LogP contribution in [0.15, 0.2) is 18.2 Å². The third kappa shape index (κ3) is 3.93. The van der Waals surface area contributed by atoms with Crippen LogP contribution < -0.4 is 10.1 Å². The lowest BCUT2D eigenvalue weighted by molar-refractivity contribution is 0.191. The lowest BCUT2D eigenvalue weighted by atomic mass is 10.1. The Morgan fingerprint density at radius 2 is 2.25 bits per heavy atom. The fraction of sp³-hybridized carbons (Fsp3) is 0.625. The van der Waals surface area contributed by atoms with Gasteiger partial charge < -0.3 is 10.1 Å².